The lowest BCUT2D eigenvalue weighted by Gasteiger charge is -2.11. The minimum absolute atomic E-state index is 0.198. The Morgan fingerprint density at radius 1 is 0.875 bits per heavy atom. The van der Waals surface area contributed by atoms with Gasteiger partial charge >= 0.3 is 0 Å². The molecule has 0 atom stereocenters. The van der Waals surface area contributed by atoms with Gasteiger partial charge in [-0.25, -0.2) is 4.98 Å². The first-order valence-electron chi connectivity index (χ1n) is 10.5. The SMILES string of the molecule is O=C(CCc1cccnc1)Cc1ccc(OCc2ccccc2-c2ccc(F)nc2)cc1. The molecule has 0 aliphatic rings. The number of benzene rings is 2. The second-order valence-corrected chi connectivity index (χ2v) is 7.54. The molecule has 0 bridgehead atoms. The lowest BCUT2D eigenvalue weighted by Crippen LogP contribution is -2.04. The van der Waals surface area contributed by atoms with E-state index in [9.17, 15) is 9.18 Å². The Kier molecular flexibility index (Phi) is 6.98. The van der Waals surface area contributed by atoms with E-state index in [1.54, 1.807) is 18.5 Å². The zero-order valence-corrected chi connectivity index (χ0v) is 17.6. The molecule has 160 valence electrons. The molecule has 0 aliphatic carbocycles. The Bertz CT molecular complexity index is 1160. The molecular formula is C27H23FN2O2. The molecule has 5 heteroatoms. The highest BCUT2D eigenvalue weighted by atomic mass is 19.1. The summed E-state index contributed by atoms with van der Waals surface area (Å²) in [5.41, 5.74) is 4.81. The number of carbonyl (C=O) groups is 1. The third-order valence-corrected chi connectivity index (χ3v) is 5.19. The van der Waals surface area contributed by atoms with Crippen molar-refractivity contribution in [3.63, 3.8) is 0 Å². The van der Waals surface area contributed by atoms with Gasteiger partial charge in [0.15, 0.2) is 0 Å². The van der Waals surface area contributed by atoms with E-state index in [1.807, 2.05) is 60.7 Å². The number of ketones is 1. The van der Waals surface area contributed by atoms with Crippen molar-refractivity contribution in [3.05, 3.63) is 114 Å². The molecule has 4 nitrogen and oxygen atoms in total. The molecule has 4 aromatic rings. The number of hydrogen-bond acceptors (Lipinski definition) is 4. The van der Waals surface area contributed by atoms with E-state index in [1.165, 1.54) is 12.3 Å². The molecular weight excluding hydrogens is 403 g/mol. The fourth-order valence-corrected chi connectivity index (χ4v) is 3.47. The fourth-order valence-electron chi connectivity index (χ4n) is 3.47. The molecule has 2 aromatic carbocycles. The zero-order chi connectivity index (χ0) is 22.2. The summed E-state index contributed by atoms with van der Waals surface area (Å²) in [6.07, 6.45) is 6.66. The quantitative estimate of drug-likeness (QED) is 0.327. The van der Waals surface area contributed by atoms with Crippen molar-refractivity contribution in [2.45, 2.75) is 25.9 Å². The number of pyridine rings is 2. The van der Waals surface area contributed by atoms with Crippen LogP contribution in [-0.2, 0) is 24.2 Å². The predicted octanol–water partition coefficient (Wildman–Crippen LogP) is 5.61. The van der Waals surface area contributed by atoms with E-state index >= 15 is 0 Å². The second-order valence-electron chi connectivity index (χ2n) is 7.54. The number of aryl methyl sites for hydroxylation is 1. The van der Waals surface area contributed by atoms with Crippen LogP contribution >= 0.6 is 0 Å². The Morgan fingerprint density at radius 2 is 1.72 bits per heavy atom. The summed E-state index contributed by atoms with van der Waals surface area (Å²) in [6, 6.07) is 22.4. The maximum atomic E-state index is 13.1. The molecule has 0 N–H and O–H groups in total. The summed E-state index contributed by atoms with van der Waals surface area (Å²) in [4.78, 5) is 20.1. The molecule has 0 unspecified atom stereocenters. The van der Waals surface area contributed by atoms with Crippen molar-refractivity contribution < 1.29 is 13.9 Å². The topological polar surface area (TPSA) is 52.1 Å². The maximum absolute atomic E-state index is 13.1. The Labute approximate surface area is 186 Å². The van der Waals surface area contributed by atoms with Gasteiger partial charge in [0.1, 0.15) is 18.1 Å². The van der Waals surface area contributed by atoms with Gasteiger partial charge in [0.2, 0.25) is 5.95 Å². The molecule has 0 amide bonds. The molecule has 0 aliphatic heterocycles. The third-order valence-electron chi connectivity index (χ3n) is 5.19. The molecule has 2 aromatic heterocycles. The van der Waals surface area contributed by atoms with Crippen molar-refractivity contribution >= 4 is 5.78 Å². The average molecular weight is 426 g/mol. The summed E-state index contributed by atoms with van der Waals surface area (Å²) >= 11 is 0. The monoisotopic (exact) mass is 426 g/mol. The van der Waals surface area contributed by atoms with Gasteiger partial charge in [0, 0.05) is 37.0 Å². The van der Waals surface area contributed by atoms with E-state index in [2.05, 4.69) is 9.97 Å². The maximum Gasteiger partial charge on any atom is 0.212 e. The highest BCUT2D eigenvalue weighted by Crippen LogP contribution is 2.25. The highest BCUT2D eigenvalue weighted by molar-refractivity contribution is 5.81. The van der Waals surface area contributed by atoms with Gasteiger partial charge in [0.05, 0.1) is 0 Å². The van der Waals surface area contributed by atoms with Crippen molar-refractivity contribution in [1.29, 1.82) is 0 Å². The van der Waals surface area contributed by atoms with Crippen LogP contribution in [0.2, 0.25) is 0 Å². The van der Waals surface area contributed by atoms with Crippen molar-refractivity contribution in [2.75, 3.05) is 0 Å². The zero-order valence-electron chi connectivity index (χ0n) is 17.6. The number of Topliss-reactive ketones (excluding diaryl/α,β-unsaturated/α-hetero) is 1. The molecule has 4 rings (SSSR count). The van der Waals surface area contributed by atoms with Crippen LogP contribution in [0.1, 0.15) is 23.1 Å². The van der Waals surface area contributed by atoms with Gasteiger partial charge in [-0.3, -0.25) is 9.78 Å². The summed E-state index contributed by atoms with van der Waals surface area (Å²) in [5, 5.41) is 0. The number of nitrogens with zero attached hydrogens (tertiary/aromatic N) is 2. The Hall–Kier alpha value is -3.86. The van der Waals surface area contributed by atoms with Crippen LogP contribution in [0.3, 0.4) is 0 Å². The van der Waals surface area contributed by atoms with Crippen molar-refractivity contribution in [3.8, 4) is 16.9 Å². The molecule has 0 radical (unpaired) electrons. The summed E-state index contributed by atoms with van der Waals surface area (Å²) < 4.78 is 19.1. The van der Waals surface area contributed by atoms with E-state index in [0.29, 0.717) is 25.9 Å². The normalized spacial score (nSPS) is 10.7. The van der Waals surface area contributed by atoms with Gasteiger partial charge < -0.3 is 4.74 Å². The molecule has 0 saturated carbocycles. The van der Waals surface area contributed by atoms with E-state index < -0.39 is 5.95 Å². The van der Waals surface area contributed by atoms with Crippen LogP contribution in [0.4, 0.5) is 4.39 Å². The minimum Gasteiger partial charge on any atom is -0.489 e. The number of aromatic nitrogens is 2. The highest BCUT2D eigenvalue weighted by Gasteiger charge is 2.08. The van der Waals surface area contributed by atoms with Crippen LogP contribution in [-0.4, -0.2) is 15.8 Å². The number of halogens is 1. The van der Waals surface area contributed by atoms with Crippen LogP contribution in [0.25, 0.3) is 11.1 Å². The lowest BCUT2D eigenvalue weighted by atomic mass is 10.0. The van der Waals surface area contributed by atoms with Crippen molar-refractivity contribution in [2.24, 2.45) is 0 Å². The summed E-state index contributed by atoms with van der Waals surface area (Å²) in [5.74, 6) is 0.422. The van der Waals surface area contributed by atoms with Gasteiger partial charge in [0.25, 0.3) is 0 Å². The smallest absolute Gasteiger partial charge is 0.212 e. The van der Waals surface area contributed by atoms with Crippen LogP contribution in [0.5, 0.6) is 5.75 Å². The van der Waals surface area contributed by atoms with Gasteiger partial charge in [-0.1, -0.05) is 42.5 Å². The number of carbonyl (C=O) groups excluding carboxylic acids is 1. The number of ether oxygens (including phenoxy) is 1. The van der Waals surface area contributed by atoms with Gasteiger partial charge in [-0.05, 0) is 59.0 Å². The van der Waals surface area contributed by atoms with Crippen LogP contribution < -0.4 is 4.74 Å². The summed E-state index contributed by atoms with van der Waals surface area (Å²) in [6.45, 7) is 0.372. The first-order chi connectivity index (χ1) is 15.7. The minimum atomic E-state index is -0.502. The molecule has 0 saturated heterocycles. The molecule has 0 fully saturated rings. The van der Waals surface area contributed by atoms with Gasteiger partial charge in [-0.2, -0.15) is 4.39 Å². The summed E-state index contributed by atoms with van der Waals surface area (Å²) in [7, 11) is 0. The first kappa shape index (κ1) is 21.4. The van der Waals surface area contributed by atoms with Crippen LogP contribution in [0.15, 0.2) is 91.4 Å². The predicted molar refractivity (Wildman–Crippen MR) is 122 cm³/mol. The fraction of sp³-hybridized carbons (Fsp3) is 0.148. The first-order valence-corrected chi connectivity index (χ1v) is 10.5. The number of rotatable bonds is 9. The van der Waals surface area contributed by atoms with E-state index in [0.717, 1.165) is 33.6 Å². The molecule has 32 heavy (non-hydrogen) atoms. The van der Waals surface area contributed by atoms with Gasteiger partial charge in [-0.15, -0.1) is 0 Å². The van der Waals surface area contributed by atoms with E-state index in [-0.39, 0.29) is 5.78 Å². The average Bonchev–Trinajstić information content (AvgIpc) is 2.84. The molecule has 0 spiro atoms. The lowest BCUT2D eigenvalue weighted by molar-refractivity contribution is -0.118. The Balaban J connectivity index is 1.33. The largest absolute Gasteiger partial charge is 0.489 e. The van der Waals surface area contributed by atoms with E-state index in [4.69, 9.17) is 4.74 Å². The Morgan fingerprint density at radius 3 is 2.47 bits per heavy atom. The second kappa shape index (κ2) is 10.4. The third kappa shape index (κ3) is 5.85. The van der Waals surface area contributed by atoms with Crippen molar-refractivity contribution in [1.82, 2.24) is 9.97 Å². The standard InChI is InChI=1S/C27H23FN2O2/c28-27-14-10-22(18-30-27)26-6-2-1-5-23(26)19-32-25-12-8-20(9-13-25)16-24(31)11-7-21-4-3-15-29-17-21/h1-6,8-10,12-15,17-18H,7,11,16,19H2. The van der Waals surface area contributed by atoms with Crippen LogP contribution in [0, 0.1) is 5.95 Å². The number of hydrogen-bond donors (Lipinski definition) is 0. The molecule has 2 heterocycles.